The summed E-state index contributed by atoms with van der Waals surface area (Å²) in [6.45, 7) is 0.101. The molecule has 0 fully saturated rings. The number of hydrogen-bond donors (Lipinski definition) is 0. The van der Waals surface area contributed by atoms with Crippen LogP contribution in [-0.2, 0) is 11.5 Å². The lowest BCUT2D eigenvalue weighted by molar-refractivity contribution is 0.186. The smallest absolute Gasteiger partial charge is 0.0822 e. The number of benzene rings is 1. The fraction of sp³-hybridized carbons (Fsp3) is 0.571. The van der Waals surface area contributed by atoms with E-state index in [0.717, 1.165) is 12.8 Å². The van der Waals surface area contributed by atoms with E-state index in [1.165, 1.54) is 37.7 Å². The van der Waals surface area contributed by atoms with Gasteiger partial charge in [-0.2, -0.15) is 0 Å². The summed E-state index contributed by atoms with van der Waals surface area (Å²) >= 11 is 0. The van der Waals surface area contributed by atoms with E-state index in [4.69, 9.17) is 0 Å². The molecular weight excluding hydrogens is 184 g/mol. The average Bonchev–Trinajstić information content (AvgIpc) is 2.29. The number of hydrogen-bond acceptors (Lipinski definition) is 0. The second kappa shape index (κ2) is 8.49. The Morgan fingerprint density at radius 3 is 2.00 bits per heavy atom. The Kier molecular flexibility index (Phi) is 6.93. The molecule has 0 aromatic heterocycles. The van der Waals surface area contributed by atoms with Crippen molar-refractivity contribution >= 4 is 0 Å². The molecule has 0 N–H and O–H groups in total. The van der Waals surface area contributed by atoms with Crippen LogP contribution < -0.4 is 0 Å². The molecule has 0 atom stereocenters. The third-order valence-electron chi connectivity index (χ3n) is 2.70. The Bertz CT molecular complexity index is 230. The highest BCUT2D eigenvalue weighted by Crippen LogP contribution is 2.09. The van der Waals surface area contributed by atoms with Crippen molar-refractivity contribution in [2.24, 2.45) is 0 Å². The molecule has 15 heavy (non-hydrogen) atoms. The van der Waals surface area contributed by atoms with Gasteiger partial charge < -0.3 is 0 Å². The summed E-state index contributed by atoms with van der Waals surface area (Å²) in [7, 11) is 0. The first kappa shape index (κ1) is 12.3. The summed E-state index contributed by atoms with van der Waals surface area (Å²) in [4.78, 5) is 0. The van der Waals surface area contributed by atoms with Gasteiger partial charge in [-0.25, -0.2) is 5.11 Å². The zero-order valence-electron chi connectivity index (χ0n) is 9.45. The van der Waals surface area contributed by atoms with Gasteiger partial charge in [-0.05, 0) is 24.8 Å². The van der Waals surface area contributed by atoms with Crippen molar-refractivity contribution in [3.05, 3.63) is 35.9 Å². The maximum Gasteiger partial charge on any atom is 0.0822 e. The molecule has 0 aliphatic rings. The molecule has 1 aromatic carbocycles. The Morgan fingerprint density at radius 1 is 0.733 bits per heavy atom. The van der Waals surface area contributed by atoms with Crippen molar-refractivity contribution in [2.45, 2.75) is 44.9 Å². The van der Waals surface area contributed by atoms with Gasteiger partial charge in [-0.1, -0.05) is 56.0 Å². The van der Waals surface area contributed by atoms with Crippen molar-refractivity contribution < 1.29 is 5.11 Å². The summed E-state index contributed by atoms with van der Waals surface area (Å²) < 4.78 is 0. The van der Waals surface area contributed by atoms with Gasteiger partial charge in [0.05, 0.1) is 6.61 Å². The monoisotopic (exact) mass is 205 g/mol. The van der Waals surface area contributed by atoms with Crippen LogP contribution in [0.5, 0.6) is 0 Å². The number of unbranched alkanes of at least 4 members (excludes halogenated alkanes) is 5. The van der Waals surface area contributed by atoms with Crippen LogP contribution in [0.25, 0.3) is 0 Å². The molecule has 0 aliphatic carbocycles. The molecule has 0 saturated carbocycles. The van der Waals surface area contributed by atoms with Crippen molar-refractivity contribution in [3.63, 3.8) is 0 Å². The fourth-order valence-corrected chi connectivity index (χ4v) is 1.78. The molecule has 0 heterocycles. The predicted molar refractivity (Wildman–Crippen MR) is 63.4 cm³/mol. The minimum atomic E-state index is 0.101. The van der Waals surface area contributed by atoms with Gasteiger partial charge in [-0.15, -0.1) is 0 Å². The van der Waals surface area contributed by atoms with Crippen LogP contribution in [0, 0.1) is 0 Å². The lowest BCUT2D eigenvalue weighted by Gasteiger charge is -2.01. The van der Waals surface area contributed by atoms with Gasteiger partial charge >= 0.3 is 0 Å². The maximum atomic E-state index is 10.2. The molecular formula is C14H21O. The van der Waals surface area contributed by atoms with E-state index >= 15 is 0 Å². The van der Waals surface area contributed by atoms with Crippen LogP contribution in [0.4, 0.5) is 0 Å². The van der Waals surface area contributed by atoms with Gasteiger partial charge in [-0.3, -0.25) is 0 Å². The quantitative estimate of drug-likeness (QED) is 0.572. The van der Waals surface area contributed by atoms with Gasteiger partial charge in [0.1, 0.15) is 0 Å². The molecule has 83 valence electrons. The highest BCUT2D eigenvalue weighted by Gasteiger charge is 1.93. The van der Waals surface area contributed by atoms with Crippen molar-refractivity contribution in [2.75, 3.05) is 6.61 Å². The molecule has 1 radical (unpaired) electrons. The molecule has 0 saturated heterocycles. The van der Waals surface area contributed by atoms with Crippen LogP contribution in [0.1, 0.15) is 44.1 Å². The first-order valence-electron chi connectivity index (χ1n) is 6.05. The van der Waals surface area contributed by atoms with Crippen LogP contribution >= 0.6 is 0 Å². The van der Waals surface area contributed by atoms with Gasteiger partial charge in [0.15, 0.2) is 0 Å². The van der Waals surface area contributed by atoms with Crippen LogP contribution in [-0.4, -0.2) is 6.61 Å². The van der Waals surface area contributed by atoms with Gasteiger partial charge in [0.2, 0.25) is 0 Å². The highest BCUT2D eigenvalue weighted by molar-refractivity contribution is 5.14. The van der Waals surface area contributed by atoms with Crippen molar-refractivity contribution in [3.8, 4) is 0 Å². The minimum Gasteiger partial charge on any atom is -0.237 e. The SMILES string of the molecule is [O]CCCCCCCCc1ccccc1. The third kappa shape index (κ3) is 6.29. The van der Waals surface area contributed by atoms with Crippen molar-refractivity contribution in [1.29, 1.82) is 0 Å². The second-order valence-electron chi connectivity index (χ2n) is 4.06. The van der Waals surface area contributed by atoms with Crippen molar-refractivity contribution in [1.82, 2.24) is 0 Å². The Balaban J connectivity index is 1.93. The number of aryl methyl sites for hydroxylation is 1. The molecule has 0 unspecified atom stereocenters. The molecule has 0 aliphatic heterocycles. The Morgan fingerprint density at radius 2 is 1.33 bits per heavy atom. The summed E-state index contributed by atoms with van der Waals surface area (Å²) in [5.74, 6) is 0. The molecule has 1 rings (SSSR count). The zero-order chi connectivity index (χ0) is 10.8. The Hall–Kier alpha value is -0.820. The minimum absolute atomic E-state index is 0.101. The topological polar surface area (TPSA) is 19.9 Å². The average molecular weight is 205 g/mol. The zero-order valence-corrected chi connectivity index (χ0v) is 9.45. The van der Waals surface area contributed by atoms with Crippen LogP contribution in [0.15, 0.2) is 30.3 Å². The first-order valence-corrected chi connectivity index (χ1v) is 6.05. The Labute approximate surface area is 93.1 Å². The van der Waals surface area contributed by atoms with E-state index in [2.05, 4.69) is 30.3 Å². The molecule has 0 bridgehead atoms. The summed E-state index contributed by atoms with van der Waals surface area (Å²) in [5, 5.41) is 10.2. The number of rotatable bonds is 8. The standard InChI is InChI=1S/C14H21O/c15-13-9-4-2-1-3-6-10-14-11-7-5-8-12-14/h5,7-8,11-12H,1-4,6,9-10,13H2. The molecule has 0 amide bonds. The summed E-state index contributed by atoms with van der Waals surface area (Å²) in [6, 6.07) is 10.6. The maximum absolute atomic E-state index is 10.2. The third-order valence-corrected chi connectivity index (χ3v) is 2.70. The normalized spacial score (nSPS) is 10.5. The van der Waals surface area contributed by atoms with Crippen LogP contribution in [0.3, 0.4) is 0 Å². The molecule has 1 aromatic rings. The predicted octanol–water partition coefficient (Wildman–Crippen LogP) is 4.00. The van der Waals surface area contributed by atoms with E-state index in [-0.39, 0.29) is 6.61 Å². The van der Waals surface area contributed by atoms with Crippen LogP contribution in [0.2, 0.25) is 0 Å². The molecule has 0 spiro atoms. The van der Waals surface area contributed by atoms with Gasteiger partial charge in [0, 0.05) is 0 Å². The first-order chi connectivity index (χ1) is 7.43. The van der Waals surface area contributed by atoms with E-state index in [1.54, 1.807) is 0 Å². The summed E-state index contributed by atoms with van der Waals surface area (Å²) in [5.41, 5.74) is 1.44. The molecule has 1 nitrogen and oxygen atoms in total. The molecule has 1 heteroatoms. The highest BCUT2D eigenvalue weighted by atomic mass is 16.2. The summed E-state index contributed by atoms with van der Waals surface area (Å²) in [6.07, 6.45) is 8.27. The van der Waals surface area contributed by atoms with E-state index < -0.39 is 0 Å². The lowest BCUT2D eigenvalue weighted by atomic mass is 10.1. The van der Waals surface area contributed by atoms with E-state index in [0.29, 0.717) is 0 Å². The van der Waals surface area contributed by atoms with E-state index in [1.807, 2.05) is 0 Å². The van der Waals surface area contributed by atoms with E-state index in [9.17, 15) is 5.11 Å². The lowest BCUT2D eigenvalue weighted by Crippen LogP contribution is -1.86. The fourth-order valence-electron chi connectivity index (χ4n) is 1.78. The largest absolute Gasteiger partial charge is 0.237 e. The van der Waals surface area contributed by atoms with Gasteiger partial charge in [0.25, 0.3) is 0 Å². The second-order valence-corrected chi connectivity index (χ2v) is 4.06.